The number of benzene rings is 1. The molecule has 0 fully saturated rings. The summed E-state index contributed by atoms with van der Waals surface area (Å²) in [6, 6.07) is 7.37. The smallest absolute Gasteiger partial charge is 0.291 e. The summed E-state index contributed by atoms with van der Waals surface area (Å²) in [6.07, 6.45) is 0. The van der Waals surface area contributed by atoms with Crippen LogP contribution in [-0.4, -0.2) is 29.9 Å². The van der Waals surface area contributed by atoms with Crippen molar-refractivity contribution in [3.05, 3.63) is 34.9 Å². The first-order chi connectivity index (χ1) is 7.50. The van der Waals surface area contributed by atoms with E-state index in [-0.39, 0.29) is 0 Å². The minimum Gasteiger partial charge on any atom is -0.337 e. The van der Waals surface area contributed by atoms with E-state index in [9.17, 15) is 0 Å². The molecule has 0 aliphatic carbocycles. The minimum absolute atomic E-state index is 0.327. The van der Waals surface area contributed by atoms with Crippen LogP contribution in [0.5, 0.6) is 0 Å². The van der Waals surface area contributed by atoms with Crippen LogP contribution in [0.3, 0.4) is 0 Å². The predicted molar refractivity (Wildman–Crippen MR) is 71.0 cm³/mol. The van der Waals surface area contributed by atoms with Gasteiger partial charge in [-0.1, -0.05) is 28.9 Å². The van der Waals surface area contributed by atoms with Crippen molar-refractivity contribution in [3.8, 4) is 0 Å². The second-order valence-corrected chi connectivity index (χ2v) is 4.22. The molecule has 0 bridgehead atoms. The fourth-order valence-corrected chi connectivity index (χ4v) is 1.10. The Morgan fingerprint density at radius 2 is 1.88 bits per heavy atom. The molecule has 0 atom stereocenters. The maximum absolute atomic E-state index is 5.79. The molecular formula is C11H13ClN2OS. The Kier molecular flexibility index (Phi) is 4.71. The first kappa shape index (κ1) is 12.9. The normalized spacial score (nSPS) is 11.1. The highest BCUT2D eigenvalue weighted by molar-refractivity contribution is 7.79. The molecule has 0 saturated heterocycles. The molecule has 3 nitrogen and oxygen atoms in total. The summed E-state index contributed by atoms with van der Waals surface area (Å²) < 4.78 is 0. The highest BCUT2D eigenvalue weighted by Gasteiger charge is 2.01. The van der Waals surface area contributed by atoms with E-state index in [1.165, 1.54) is 0 Å². The van der Waals surface area contributed by atoms with Gasteiger partial charge in [-0.05, 0) is 36.8 Å². The molecule has 16 heavy (non-hydrogen) atoms. The van der Waals surface area contributed by atoms with Gasteiger partial charge in [0.15, 0.2) is 0 Å². The van der Waals surface area contributed by atoms with Gasteiger partial charge >= 0.3 is 0 Å². The molecule has 0 aliphatic rings. The fourth-order valence-electron chi connectivity index (χ4n) is 0.933. The van der Waals surface area contributed by atoms with Crippen molar-refractivity contribution in [1.82, 2.24) is 4.90 Å². The van der Waals surface area contributed by atoms with E-state index in [0.29, 0.717) is 10.2 Å². The quantitative estimate of drug-likeness (QED) is 0.462. The number of rotatable bonds is 2. The molecule has 0 aliphatic heterocycles. The Morgan fingerprint density at radius 1 is 1.31 bits per heavy atom. The van der Waals surface area contributed by atoms with E-state index < -0.39 is 0 Å². The molecule has 0 radical (unpaired) electrons. The van der Waals surface area contributed by atoms with E-state index in [1.54, 1.807) is 31.1 Å². The van der Waals surface area contributed by atoms with Gasteiger partial charge < -0.3 is 9.74 Å². The molecule has 0 saturated carbocycles. The van der Waals surface area contributed by atoms with Crippen LogP contribution in [0.2, 0.25) is 5.02 Å². The van der Waals surface area contributed by atoms with E-state index >= 15 is 0 Å². The highest BCUT2D eigenvalue weighted by atomic mass is 35.5. The average molecular weight is 257 g/mol. The largest absolute Gasteiger partial charge is 0.337 e. The van der Waals surface area contributed by atoms with Gasteiger partial charge in [-0.25, -0.2) is 0 Å². The van der Waals surface area contributed by atoms with Crippen LogP contribution in [0, 0.1) is 0 Å². The molecule has 1 rings (SSSR count). The number of hydrogen-bond donors (Lipinski definition) is 0. The molecule has 0 N–H and O–H groups in total. The van der Waals surface area contributed by atoms with E-state index in [4.69, 9.17) is 28.7 Å². The zero-order chi connectivity index (χ0) is 12.1. The number of oxime groups is 1. The van der Waals surface area contributed by atoms with Crippen LogP contribution in [0.1, 0.15) is 12.5 Å². The maximum atomic E-state index is 5.79. The van der Waals surface area contributed by atoms with Crippen molar-refractivity contribution in [2.75, 3.05) is 14.1 Å². The molecule has 0 aromatic heterocycles. The van der Waals surface area contributed by atoms with Gasteiger partial charge in [0.2, 0.25) is 0 Å². The zero-order valence-corrected chi connectivity index (χ0v) is 11.0. The molecule has 1 aromatic rings. The second-order valence-electron chi connectivity index (χ2n) is 3.44. The van der Waals surface area contributed by atoms with Gasteiger partial charge in [0, 0.05) is 19.1 Å². The van der Waals surface area contributed by atoms with Gasteiger partial charge in [0.1, 0.15) is 0 Å². The summed E-state index contributed by atoms with van der Waals surface area (Å²) in [5.74, 6) is 0. The van der Waals surface area contributed by atoms with Gasteiger partial charge in [0.05, 0.1) is 5.71 Å². The van der Waals surface area contributed by atoms with Crippen molar-refractivity contribution in [1.29, 1.82) is 0 Å². The molecule has 1 aromatic carbocycles. The van der Waals surface area contributed by atoms with Crippen LogP contribution in [0.25, 0.3) is 0 Å². The lowest BCUT2D eigenvalue weighted by molar-refractivity contribution is 0.286. The lowest BCUT2D eigenvalue weighted by Gasteiger charge is -2.10. The molecule has 5 heteroatoms. The summed E-state index contributed by atoms with van der Waals surface area (Å²) in [4.78, 5) is 6.74. The summed E-state index contributed by atoms with van der Waals surface area (Å²) in [5.41, 5.74) is 1.70. The standard InChI is InChI=1S/C11H13ClN2OS/c1-8(13-15-11(16)14(2)3)9-4-6-10(12)7-5-9/h4-7H,1-3H3/b13-8+. The maximum Gasteiger partial charge on any atom is 0.291 e. The predicted octanol–water partition coefficient (Wildman–Crippen LogP) is 2.93. The third-order valence-electron chi connectivity index (χ3n) is 1.89. The van der Waals surface area contributed by atoms with E-state index in [0.717, 1.165) is 11.3 Å². The van der Waals surface area contributed by atoms with Gasteiger partial charge in [-0.2, -0.15) is 0 Å². The van der Waals surface area contributed by atoms with Crippen molar-refractivity contribution in [3.63, 3.8) is 0 Å². The number of thiocarbonyl (C=S) groups is 1. The number of hydrogen-bond acceptors (Lipinski definition) is 3. The molecule has 0 heterocycles. The summed E-state index contributed by atoms with van der Waals surface area (Å²) in [7, 11) is 3.60. The Hall–Kier alpha value is -1.13. The number of halogens is 1. The van der Waals surface area contributed by atoms with Crippen molar-refractivity contribution < 1.29 is 4.84 Å². The summed E-state index contributed by atoms with van der Waals surface area (Å²) in [6.45, 7) is 1.85. The minimum atomic E-state index is 0.327. The zero-order valence-electron chi connectivity index (χ0n) is 9.40. The Labute approximate surface area is 106 Å². The lowest BCUT2D eigenvalue weighted by atomic mass is 10.1. The molecule has 0 unspecified atom stereocenters. The van der Waals surface area contributed by atoms with Gasteiger partial charge in [0.25, 0.3) is 5.17 Å². The lowest BCUT2D eigenvalue weighted by Crippen LogP contribution is -2.21. The van der Waals surface area contributed by atoms with Gasteiger partial charge in [-0.15, -0.1) is 0 Å². The van der Waals surface area contributed by atoms with Crippen LogP contribution in [-0.2, 0) is 4.84 Å². The monoisotopic (exact) mass is 256 g/mol. The number of nitrogens with zero attached hydrogens (tertiary/aromatic N) is 2. The van der Waals surface area contributed by atoms with Gasteiger partial charge in [-0.3, -0.25) is 0 Å². The Balaban J connectivity index is 2.70. The SMILES string of the molecule is C/C(=N\OC(=S)N(C)C)c1ccc(Cl)cc1. The third-order valence-corrected chi connectivity index (χ3v) is 2.58. The van der Waals surface area contributed by atoms with Crippen LogP contribution in [0.15, 0.2) is 29.4 Å². The molecule has 0 amide bonds. The molecule has 0 spiro atoms. The second kappa shape index (κ2) is 5.82. The highest BCUT2D eigenvalue weighted by Crippen LogP contribution is 2.10. The van der Waals surface area contributed by atoms with Crippen LogP contribution in [0.4, 0.5) is 0 Å². The molecular weight excluding hydrogens is 244 g/mol. The third kappa shape index (κ3) is 3.79. The average Bonchev–Trinajstić information content (AvgIpc) is 2.26. The van der Waals surface area contributed by atoms with Crippen molar-refractivity contribution in [2.24, 2.45) is 5.16 Å². The Bertz CT molecular complexity index is 401. The summed E-state index contributed by atoms with van der Waals surface area (Å²) >= 11 is 10.7. The van der Waals surface area contributed by atoms with E-state index in [2.05, 4.69) is 5.16 Å². The van der Waals surface area contributed by atoms with Crippen molar-refractivity contribution >= 4 is 34.7 Å². The van der Waals surface area contributed by atoms with Crippen LogP contribution < -0.4 is 0 Å². The first-order valence-electron chi connectivity index (χ1n) is 4.69. The molecule has 86 valence electrons. The van der Waals surface area contributed by atoms with E-state index in [1.807, 2.05) is 19.1 Å². The summed E-state index contributed by atoms with van der Waals surface area (Å²) in [5, 5.41) is 4.96. The van der Waals surface area contributed by atoms with Crippen molar-refractivity contribution in [2.45, 2.75) is 6.92 Å². The Morgan fingerprint density at radius 3 is 2.38 bits per heavy atom. The fraction of sp³-hybridized carbons (Fsp3) is 0.273. The first-order valence-corrected chi connectivity index (χ1v) is 5.48. The topological polar surface area (TPSA) is 24.8 Å². The van der Waals surface area contributed by atoms with Crippen LogP contribution >= 0.6 is 23.8 Å².